The smallest absolute Gasteiger partial charge is 1.00 e. The van der Waals surface area contributed by atoms with E-state index in [1.54, 1.807) is 48.5 Å². The number of carboxylic acid groups (broad SMARTS) is 2. The van der Waals surface area contributed by atoms with Crippen LogP contribution in [0.4, 0.5) is 20.2 Å². The molecule has 8 rings (SSSR count). The van der Waals surface area contributed by atoms with E-state index in [1.807, 2.05) is 134 Å². The number of carbonyl (C=O) groups excluding carboxylic acids is 4. The predicted octanol–water partition coefficient (Wildman–Crippen LogP) is 8.78. The minimum atomic E-state index is -1.39. The molecule has 20 heteroatoms. The molecule has 2 heterocycles. The topological polar surface area (TPSA) is 270 Å². The van der Waals surface area contributed by atoms with Crippen LogP contribution in [-0.2, 0) is 22.7 Å². The fourth-order valence-electron chi connectivity index (χ4n) is 10.4. The van der Waals surface area contributed by atoms with Gasteiger partial charge in [0.2, 0.25) is 0 Å². The molecule has 0 saturated heterocycles. The van der Waals surface area contributed by atoms with Gasteiger partial charge in [0.25, 0.3) is 11.8 Å². The number of rotatable bonds is 25. The summed E-state index contributed by atoms with van der Waals surface area (Å²) in [5.74, 6) is -4.41. The molecule has 0 bridgehead atoms. The van der Waals surface area contributed by atoms with Gasteiger partial charge in [0, 0.05) is 71.8 Å². The van der Waals surface area contributed by atoms with Gasteiger partial charge in [-0.05, 0) is 139 Å². The molecule has 0 saturated carbocycles. The molecule has 1 unspecified atom stereocenters. The Morgan fingerprint density at radius 3 is 1.02 bits per heavy atom. The van der Waals surface area contributed by atoms with Gasteiger partial charge >= 0.3 is 75.5 Å². The molecular weight excluding hydrogens is 1190 g/mol. The Labute approximate surface area is 580 Å². The molecule has 0 aliphatic carbocycles. The van der Waals surface area contributed by atoms with Crippen molar-refractivity contribution < 1.29 is 71.7 Å². The Balaban J connectivity index is 0.000000554. The van der Waals surface area contributed by atoms with Crippen LogP contribution in [0.15, 0.2) is 170 Å². The maximum atomic E-state index is 14.0. The van der Waals surface area contributed by atoms with E-state index in [2.05, 4.69) is 10.6 Å². The van der Waals surface area contributed by atoms with Gasteiger partial charge in [0.15, 0.2) is 0 Å². The van der Waals surface area contributed by atoms with Crippen LogP contribution in [0.25, 0.3) is 44.8 Å². The van der Waals surface area contributed by atoms with Crippen LogP contribution in [0.1, 0.15) is 120 Å². The van der Waals surface area contributed by atoms with Gasteiger partial charge < -0.3 is 73.1 Å². The zero-order valence-electron chi connectivity index (χ0n) is 52.8. The Kier molecular flexibility index (Phi) is 31.6. The number of carbonyl (C=O) groups is 4. The Morgan fingerprint density at radius 2 is 0.753 bits per heavy atom. The molecule has 464 valence electrons. The van der Waals surface area contributed by atoms with E-state index >= 15 is 0 Å². The average Bonchev–Trinajstić information content (AvgIpc) is 1.61. The molecule has 0 fully saturated rings. The molecule has 2 aromatic heterocycles. The summed E-state index contributed by atoms with van der Waals surface area (Å²) >= 11 is 0. The maximum Gasteiger partial charge on any atom is 2.00 e. The first-order chi connectivity index (χ1) is 41.6. The van der Waals surface area contributed by atoms with Crippen molar-refractivity contribution in [2.45, 2.75) is 129 Å². The second-order valence-electron chi connectivity index (χ2n) is 21.8. The number of carboxylic acids is 2. The molecule has 8 N–H and O–H groups in total. The van der Waals surface area contributed by atoms with Crippen LogP contribution in [0, 0.1) is 11.6 Å². The first-order valence-electron chi connectivity index (χ1n) is 28.9. The maximum absolute atomic E-state index is 14.0. The Bertz CT molecular complexity index is 3270. The van der Waals surface area contributed by atoms with E-state index in [4.69, 9.17) is 10.2 Å². The van der Waals surface area contributed by atoms with Crippen LogP contribution in [0.5, 0.6) is 0 Å². The number of anilines is 2. The van der Waals surface area contributed by atoms with Gasteiger partial charge in [-0.3, -0.25) is 9.59 Å². The summed E-state index contributed by atoms with van der Waals surface area (Å²) in [5.41, 5.74) is 9.43. The molecule has 89 heavy (non-hydrogen) atoms. The van der Waals surface area contributed by atoms with Crippen LogP contribution in [-0.4, -0.2) is 176 Å². The largest absolute Gasteiger partial charge is 2.00 e. The Morgan fingerprint density at radius 1 is 0.461 bits per heavy atom. The van der Waals surface area contributed by atoms with Gasteiger partial charge in [-0.25, -0.2) is 8.78 Å². The summed E-state index contributed by atoms with van der Waals surface area (Å²) in [6, 6.07) is 49.4. The van der Waals surface area contributed by atoms with E-state index in [0.717, 1.165) is 22.5 Å². The molecule has 0 aliphatic heterocycles. The second kappa shape index (κ2) is 37.3. The van der Waals surface area contributed by atoms with E-state index in [0.29, 0.717) is 56.1 Å². The molecule has 0 aliphatic rings. The normalized spacial score (nSPS) is 12.6. The number of aromatic nitrogens is 2. The number of amides is 2. The van der Waals surface area contributed by atoms with E-state index in [1.165, 1.54) is 31.2 Å². The number of hydrogen-bond acceptors (Lipinski definition) is 12. The van der Waals surface area contributed by atoms with Crippen molar-refractivity contribution in [3.8, 4) is 44.8 Å². The summed E-state index contributed by atoms with van der Waals surface area (Å²) < 4.78 is 32.0. The molecule has 0 radical (unpaired) electrons. The predicted molar refractivity (Wildman–Crippen MR) is 342 cm³/mol. The third-order valence-corrected chi connectivity index (χ3v) is 14.1. The van der Waals surface area contributed by atoms with E-state index in [9.17, 15) is 58.6 Å². The van der Waals surface area contributed by atoms with Crippen LogP contribution in [0.2, 0.25) is 0 Å². The minimum Gasteiger partial charge on any atom is -1.00 e. The number of halogens is 2. The summed E-state index contributed by atoms with van der Waals surface area (Å²) in [6.45, 7) is 9.83. The quantitative estimate of drug-likeness (QED) is 0.0250. The molecular formula is C69H78Ca2F2N4O12. The molecule has 8 aromatic rings. The molecule has 5 atom stereocenters. The number of para-hydroxylation sites is 2. The van der Waals surface area contributed by atoms with E-state index in [-0.39, 0.29) is 147 Å². The summed E-state index contributed by atoms with van der Waals surface area (Å²) in [7, 11) is 0. The number of aliphatic hydroxyl groups is 6. The number of aliphatic carboxylic acids is 2. The number of nitrogens with zero attached hydrogens (tertiary/aromatic N) is 2. The zero-order valence-corrected chi connectivity index (χ0v) is 55.2. The monoisotopic (exact) mass is 1270 g/mol. The summed E-state index contributed by atoms with van der Waals surface area (Å²) in [5, 5.41) is 85.2. The van der Waals surface area contributed by atoms with Crippen LogP contribution < -0.4 is 20.8 Å². The van der Waals surface area contributed by atoms with Gasteiger partial charge in [0.1, 0.15) is 11.6 Å². The number of nitrogens with one attached hydrogen (secondary N) is 2. The van der Waals surface area contributed by atoms with E-state index < -0.39 is 66.9 Å². The fraction of sp³-hybridized carbons (Fsp3) is 0.304. The third kappa shape index (κ3) is 22.1. The number of aliphatic hydroxyl groups excluding tert-OH is 6. The van der Waals surface area contributed by atoms with Crippen molar-refractivity contribution in [1.82, 2.24) is 9.13 Å². The minimum absolute atomic E-state index is 0. The fourth-order valence-corrected chi connectivity index (χ4v) is 10.4. The SMILES string of the molecule is CC(C)c1c(C(=O)Nc2ccccc2)c(-c2ccccc2)c(-c2ccc(F)cc2)n1CC[C@@H](O)C[C@@H](O)CC(=O)[O-].CC(C)c1c(C(=O)Nc2ccccc2)c(-c2ccccc2)c(-c2ccc(F)cc2)n1CC[C@@H](O)C[C@@H](O)CC(=O)[O-].CC(O)CO.[Ca+2].[Ca+2].[H-].[H-]. The van der Waals surface area contributed by atoms with Crippen LogP contribution in [0.3, 0.4) is 0 Å². The summed E-state index contributed by atoms with van der Waals surface area (Å²) in [6.07, 6.45) is -6.10. The number of hydrogen-bond donors (Lipinski definition) is 8. The molecule has 0 spiro atoms. The number of benzene rings is 6. The van der Waals surface area contributed by atoms with Crippen molar-refractivity contribution in [2.24, 2.45) is 0 Å². The molecule has 6 aromatic carbocycles. The zero-order chi connectivity index (χ0) is 63.3. The molecule has 2 amide bonds. The van der Waals surface area contributed by atoms with Crippen LogP contribution >= 0.6 is 0 Å². The standard InChI is InChI=1S/2C33H35FN2O5.C3H8O2.2Ca.2H/c2*1-21(2)31-30(33(41)35-25-11-7-4-8-12-25)29(22-9-5-3-6-10-22)32(23-13-15-24(34)16-14-23)36(31)18-17-26(37)19-27(38)20-28(39)40;1-3(5)2-4;;;;/h2*3-16,21,26-27,37-38H,17-20H2,1-2H3,(H,35,41)(H,39,40);3-5H,2H2,1H3;;;;/q;;;2*+2;2*-1/p-2/t2*26-,27-;;;;;/m11...../s1. The summed E-state index contributed by atoms with van der Waals surface area (Å²) in [4.78, 5) is 49.8. The van der Waals surface area contributed by atoms with Gasteiger partial charge in [-0.15, -0.1) is 0 Å². The third-order valence-electron chi connectivity index (χ3n) is 14.1. The van der Waals surface area contributed by atoms with Crippen molar-refractivity contribution >= 4 is 111 Å². The Hall–Kier alpha value is -6.10. The van der Waals surface area contributed by atoms with Crippen molar-refractivity contribution in [1.29, 1.82) is 0 Å². The van der Waals surface area contributed by atoms with Gasteiger partial charge in [-0.2, -0.15) is 0 Å². The first-order valence-corrected chi connectivity index (χ1v) is 28.9. The average molecular weight is 1270 g/mol. The van der Waals surface area contributed by atoms with Gasteiger partial charge in [0.05, 0.1) is 59.6 Å². The van der Waals surface area contributed by atoms with Crippen molar-refractivity contribution in [2.75, 3.05) is 17.2 Å². The van der Waals surface area contributed by atoms with Gasteiger partial charge in [-0.1, -0.05) is 125 Å². The second-order valence-corrected chi connectivity index (χ2v) is 21.8. The van der Waals surface area contributed by atoms with Crippen molar-refractivity contribution in [3.05, 3.63) is 204 Å². The first kappa shape index (κ1) is 75.4. The molecule has 16 nitrogen and oxygen atoms in total. The van der Waals surface area contributed by atoms with Crippen molar-refractivity contribution in [3.63, 3.8) is 0 Å².